The van der Waals surface area contributed by atoms with Gasteiger partial charge < -0.3 is 4.90 Å². The van der Waals surface area contributed by atoms with Crippen LogP contribution in [0.15, 0.2) is 41.8 Å². The highest BCUT2D eigenvalue weighted by atomic mass is 32.2. The van der Waals surface area contributed by atoms with Crippen molar-refractivity contribution in [2.24, 2.45) is 0 Å². The van der Waals surface area contributed by atoms with E-state index in [9.17, 15) is 13.2 Å². The zero-order chi connectivity index (χ0) is 18.9. The molecule has 2 aromatic rings. The molecule has 0 N–H and O–H groups in total. The fraction of sp³-hybridized carbons (Fsp3) is 0.350. The number of carbonyl (C=O) groups excluding carboxylic acids is 1. The van der Waals surface area contributed by atoms with Gasteiger partial charge in [0.1, 0.15) is 0 Å². The van der Waals surface area contributed by atoms with Gasteiger partial charge in [0.15, 0.2) is 0 Å². The molecule has 0 atom stereocenters. The second kappa shape index (κ2) is 7.58. The van der Waals surface area contributed by atoms with Gasteiger partial charge in [-0.1, -0.05) is 30.3 Å². The van der Waals surface area contributed by atoms with Crippen LogP contribution < -0.4 is 0 Å². The number of aryl methyl sites for hydroxylation is 2. The molecule has 1 saturated heterocycles. The topological polar surface area (TPSA) is 57.7 Å². The fourth-order valence-electron chi connectivity index (χ4n) is 3.55. The highest BCUT2D eigenvalue weighted by molar-refractivity contribution is 7.92. The van der Waals surface area contributed by atoms with Crippen LogP contribution in [0, 0.1) is 0 Å². The summed E-state index contributed by atoms with van der Waals surface area (Å²) in [6.45, 7) is 1.52. The van der Waals surface area contributed by atoms with Crippen molar-refractivity contribution in [2.75, 3.05) is 26.2 Å². The van der Waals surface area contributed by atoms with Crippen molar-refractivity contribution in [1.29, 1.82) is 0 Å². The van der Waals surface area contributed by atoms with Gasteiger partial charge >= 0.3 is 0 Å². The summed E-state index contributed by atoms with van der Waals surface area (Å²) in [6.07, 6.45) is 4.94. The molecule has 1 aliphatic heterocycles. The summed E-state index contributed by atoms with van der Waals surface area (Å²) < 4.78 is 26.5. The largest absolute Gasteiger partial charge is 0.335 e. The van der Waals surface area contributed by atoms with Gasteiger partial charge in [0.2, 0.25) is 10.0 Å². The van der Waals surface area contributed by atoms with Gasteiger partial charge in [-0.25, -0.2) is 8.42 Å². The molecule has 142 valence electrons. The van der Waals surface area contributed by atoms with E-state index in [2.05, 4.69) is 0 Å². The predicted octanol–water partition coefficient (Wildman–Crippen LogP) is 3.00. The number of fused-ring (bicyclic) bond motifs is 1. The molecule has 0 saturated carbocycles. The Hall–Kier alpha value is -1.96. The molecule has 1 aromatic heterocycles. The van der Waals surface area contributed by atoms with Crippen molar-refractivity contribution in [1.82, 2.24) is 9.21 Å². The average Bonchev–Trinajstić information content (AvgIpc) is 3.29. The van der Waals surface area contributed by atoms with Crippen LogP contribution in [0.5, 0.6) is 0 Å². The lowest BCUT2D eigenvalue weighted by Crippen LogP contribution is -2.49. The smallest absolute Gasteiger partial charge is 0.264 e. The van der Waals surface area contributed by atoms with E-state index >= 15 is 0 Å². The van der Waals surface area contributed by atoms with E-state index in [0.717, 1.165) is 23.3 Å². The van der Waals surface area contributed by atoms with Crippen LogP contribution in [0.25, 0.3) is 6.08 Å². The van der Waals surface area contributed by atoms with Crippen LogP contribution in [-0.4, -0.2) is 49.7 Å². The van der Waals surface area contributed by atoms with E-state index in [-0.39, 0.29) is 5.91 Å². The van der Waals surface area contributed by atoms with Crippen molar-refractivity contribution in [2.45, 2.75) is 19.3 Å². The van der Waals surface area contributed by atoms with Crippen molar-refractivity contribution >= 4 is 33.3 Å². The lowest BCUT2D eigenvalue weighted by molar-refractivity contribution is 0.0703. The molecule has 7 heteroatoms. The molecule has 0 unspecified atom stereocenters. The number of amides is 1. The molecule has 0 bridgehead atoms. The lowest BCUT2D eigenvalue weighted by Gasteiger charge is -2.33. The first-order chi connectivity index (χ1) is 13.0. The fourth-order valence-corrected chi connectivity index (χ4v) is 5.95. The van der Waals surface area contributed by atoms with Crippen LogP contribution in [0.1, 0.15) is 32.1 Å². The Bertz CT molecular complexity index is 935. The van der Waals surface area contributed by atoms with Gasteiger partial charge in [0.05, 0.1) is 4.88 Å². The number of rotatable bonds is 4. The molecule has 1 aliphatic carbocycles. The molecule has 1 aromatic carbocycles. The van der Waals surface area contributed by atoms with E-state index in [4.69, 9.17) is 0 Å². The molecule has 0 radical (unpaired) electrons. The van der Waals surface area contributed by atoms with Crippen LogP contribution in [0.2, 0.25) is 0 Å². The minimum absolute atomic E-state index is 0.0336. The lowest BCUT2D eigenvalue weighted by atomic mass is 10.2. The highest BCUT2D eigenvalue weighted by Crippen LogP contribution is 2.31. The summed E-state index contributed by atoms with van der Waals surface area (Å²) in [4.78, 5) is 16.6. The van der Waals surface area contributed by atoms with Crippen molar-refractivity contribution in [3.05, 3.63) is 62.7 Å². The van der Waals surface area contributed by atoms with Crippen molar-refractivity contribution in [3.8, 4) is 0 Å². The minimum atomic E-state index is -3.48. The highest BCUT2D eigenvalue weighted by Gasteiger charge is 2.29. The Morgan fingerprint density at radius 1 is 1.04 bits per heavy atom. The van der Waals surface area contributed by atoms with Crippen molar-refractivity contribution < 1.29 is 13.2 Å². The summed E-state index contributed by atoms with van der Waals surface area (Å²) in [5.41, 5.74) is 2.16. The molecular weight excluding hydrogens is 380 g/mol. The van der Waals surface area contributed by atoms with Crippen LogP contribution >= 0.6 is 11.3 Å². The molecule has 27 heavy (non-hydrogen) atoms. The number of sulfonamides is 1. The van der Waals surface area contributed by atoms with Gasteiger partial charge in [-0.05, 0) is 42.5 Å². The van der Waals surface area contributed by atoms with Gasteiger partial charge in [-0.3, -0.25) is 4.79 Å². The second-order valence-electron chi connectivity index (χ2n) is 6.86. The first-order valence-electron chi connectivity index (χ1n) is 9.17. The van der Waals surface area contributed by atoms with Gasteiger partial charge in [0.25, 0.3) is 5.91 Å². The summed E-state index contributed by atoms with van der Waals surface area (Å²) in [7, 11) is -3.48. The van der Waals surface area contributed by atoms with Gasteiger partial charge in [-0.15, -0.1) is 11.3 Å². The maximum atomic E-state index is 12.7. The first kappa shape index (κ1) is 18.4. The SMILES string of the molecule is O=C(c1cc2c(s1)CCC2)N1CCN(S(=O)(=O)/C=C/c2ccccc2)CC1. The number of hydrogen-bond donors (Lipinski definition) is 0. The number of benzene rings is 1. The van der Waals surface area contributed by atoms with Gasteiger partial charge in [0, 0.05) is 36.5 Å². The van der Waals surface area contributed by atoms with E-state index in [1.165, 1.54) is 26.6 Å². The molecule has 4 rings (SSSR count). The quantitative estimate of drug-likeness (QED) is 0.790. The summed E-state index contributed by atoms with van der Waals surface area (Å²) in [5.74, 6) is 0.0336. The van der Waals surface area contributed by atoms with Crippen molar-refractivity contribution in [3.63, 3.8) is 0 Å². The zero-order valence-corrected chi connectivity index (χ0v) is 16.6. The Morgan fingerprint density at radius 2 is 1.78 bits per heavy atom. The molecule has 2 heterocycles. The maximum Gasteiger partial charge on any atom is 0.264 e. The predicted molar refractivity (Wildman–Crippen MR) is 108 cm³/mol. The second-order valence-corrected chi connectivity index (χ2v) is 9.82. The monoisotopic (exact) mass is 402 g/mol. The third-order valence-electron chi connectivity index (χ3n) is 5.08. The number of nitrogens with zero attached hydrogens (tertiary/aromatic N) is 2. The zero-order valence-electron chi connectivity index (χ0n) is 15.0. The maximum absolute atomic E-state index is 12.7. The van der Waals surface area contributed by atoms with Crippen LogP contribution in [0.3, 0.4) is 0 Å². The number of piperazine rings is 1. The normalized spacial score (nSPS) is 18.1. The molecule has 0 spiro atoms. The Kier molecular flexibility index (Phi) is 5.16. The minimum Gasteiger partial charge on any atom is -0.335 e. The van der Waals surface area contributed by atoms with Crippen LogP contribution in [0.4, 0.5) is 0 Å². The molecule has 1 fully saturated rings. The standard InChI is InChI=1S/C20H22N2O3S2/c23-20(19-15-17-7-4-8-18(17)26-19)21-10-12-22(13-11-21)27(24,25)14-9-16-5-2-1-3-6-16/h1-3,5-6,9,14-15H,4,7-8,10-13H2/b14-9+. The van der Waals surface area contributed by atoms with E-state index in [0.29, 0.717) is 26.2 Å². The first-order valence-corrected chi connectivity index (χ1v) is 11.5. The molecule has 2 aliphatic rings. The Balaban J connectivity index is 1.37. The number of thiophene rings is 1. The van der Waals surface area contributed by atoms with Crippen LogP contribution in [-0.2, 0) is 22.9 Å². The Labute approximate surface area is 164 Å². The summed E-state index contributed by atoms with van der Waals surface area (Å²) in [6, 6.07) is 11.4. The molecule has 5 nitrogen and oxygen atoms in total. The number of carbonyl (C=O) groups is 1. The van der Waals surface area contributed by atoms with E-state index < -0.39 is 10.0 Å². The molecule has 1 amide bonds. The van der Waals surface area contributed by atoms with E-state index in [1.807, 2.05) is 36.4 Å². The summed E-state index contributed by atoms with van der Waals surface area (Å²) in [5, 5.41) is 1.25. The molecular formula is C20H22N2O3S2. The third kappa shape index (κ3) is 4.00. The number of hydrogen-bond acceptors (Lipinski definition) is 4. The third-order valence-corrected chi connectivity index (χ3v) is 7.87. The van der Waals surface area contributed by atoms with E-state index in [1.54, 1.807) is 22.3 Å². The summed E-state index contributed by atoms with van der Waals surface area (Å²) >= 11 is 1.60. The van der Waals surface area contributed by atoms with Gasteiger partial charge in [-0.2, -0.15) is 4.31 Å². The average molecular weight is 403 g/mol. The Morgan fingerprint density at radius 3 is 2.48 bits per heavy atom.